The van der Waals surface area contributed by atoms with Crippen molar-refractivity contribution in [2.75, 3.05) is 0 Å². The predicted molar refractivity (Wildman–Crippen MR) is 105 cm³/mol. The topological polar surface area (TPSA) is 66.8 Å². The number of carbonyl (C=O) groups excluding carboxylic acids is 1. The van der Waals surface area contributed by atoms with Crippen LogP contribution in [0.5, 0.6) is 0 Å². The van der Waals surface area contributed by atoms with Crippen LogP contribution in [-0.4, -0.2) is 39.3 Å². The van der Waals surface area contributed by atoms with Crippen LogP contribution in [0.1, 0.15) is 47.1 Å². The van der Waals surface area contributed by atoms with Gasteiger partial charge in [0.2, 0.25) is 0 Å². The number of hydrogen-bond acceptors (Lipinski definition) is 3. The number of ether oxygens (including phenoxy) is 1. The molecule has 1 aromatic rings. The van der Waals surface area contributed by atoms with Crippen LogP contribution in [0.2, 0.25) is 0 Å². The van der Waals surface area contributed by atoms with Crippen LogP contribution in [-0.2, 0) is 16.0 Å². The lowest BCUT2D eigenvalue weighted by atomic mass is 9.98. The van der Waals surface area contributed by atoms with E-state index >= 15 is 0 Å². The molecule has 0 saturated heterocycles. The minimum absolute atomic E-state index is 0.166. The maximum absolute atomic E-state index is 12.7. The molecular formula is C18H25Br2NO4. The molecule has 0 aromatic heterocycles. The third kappa shape index (κ3) is 6.62. The van der Waals surface area contributed by atoms with E-state index in [2.05, 4.69) is 31.9 Å². The van der Waals surface area contributed by atoms with E-state index in [4.69, 9.17) is 4.74 Å². The quantitative estimate of drug-likeness (QED) is 0.642. The number of halogens is 2. The standard InChI is InChI=1S/C18H25Br2NO4/c1-17(2,3)21(16(24)25-18(4,5)6)14(15(22)23)9-11-7-8-12(19)10-13(11)20/h7-8,10,14H,9H2,1-6H3,(H,22,23). The first-order valence-electron chi connectivity index (χ1n) is 7.91. The highest BCUT2D eigenvalue weighted by Crippen LogP contribution is 2.28. The summed E-state index contributed by atoms with van der Waals surface area (Å²) in [6, 6.07) is 4.48. The Bertz CT molecular complexity index is 647. The van der Waals surface area contributed by atoms with Crippen molar-refractivity contribution in [3.8, 4) is 0 Å². The SMILES string of the molecule is CC(C)(C)OC(=O)N(C(Cc1ccc(Br)cc1Br)C(=O)O)C(C)(C)C. The predicted octanol–water partition coefficient (Wildman–Crippen LogP) is 5.24. The van der Waals surface area contributed by atoms with Gasteiger partial charge in [-0.2, -0.15) is 0 Å². The van der Waals surface area contributed by atoms with E-state index in [0.29, 0.717) is 0 Å². The first-order chi connectivity index (χ1) is 11.2. The zero-order valence-corrected chi connectivity index (χ0v) is 18.6. The van der Waals surface area contributed by atoms with Crippen molar-refractivity contribution >= 4 is 43.9 Å². The van der Waals surface area contributed by atoms with Crippen LogP contribution in [0.15, 0.2) is 27.1 Å². The maximum atomic E-state index is 12.7. The molecule has 0 bridgehead atoms. The average Bonchev–Trinajstić information content (AvgIpc) is 2.36. The minimum Gasteiger partial charge on any atom is -0.480 e. The number of carbonyl (C=O) groups is 2. The van der Waals surface area contributed by atoms with Crippen LogP contribution in [0.4, 0.5) is 4.79 Å². The summed E-state index contributed by atoms with van der Waals surface area (Å²) in [5.74, 6) is -1.07. The van der Waals surface area contributed by atoms with Gasteiger partial charge in [0.1, 0.15) is 11.6 Å². The zero-order chi connectivity index (χ0) is 19.6. The van der Waals surface area contributed by atoms with Crippen molar-refractivity contribution in [1.82, 2.24) is 4.90 Å². The molecule has 0 saturated carbocycles. The summed E-state index contributed by atoms with van der Waals surface area (Å²) in [4.78, 5) is 26.0. The minimum atomic E-state index is -1.07. The second-order valence-corrected chi connectivity index (χ2v) is 9.59. The van der Waals surface area contributed by atoms with Gasteiger partial charge >= 0.3 is 12.1 Å². The van der Waals surface area contributed by atoms with Crippen molar-refractivity contribution in [3.05, 3.63) is 32.7 Å². The number of amides is 1. The first-order valence-corrected chi connectivity index (χ1v) is 9.50. The second-order valence-electron chi connectivity index (χ2n) is 7.82. The fourth-order valence-corrected chi connectivity index (χ4v) is 3.57. The second kappa shape index (κ2) is 8.08. The molecule has 1 aromatic carbocycles. The highest BCUT2D eigenvalue weighted by molar-refractivity contribution is 9.11. The van der Waals surface area contributed by atoms with Gasteiger partial charge in [-0.05, 0) is 59.2 Å². The molecule has 1 N–H and O–H groups in total. The van der Waals surface area contributed by atoms with Crippen LogP contribution >= 0.6 is 31.9 Å². The molecule has 0 radical (unpaired) electrons. The van der Waals surface area contributed by atoms with E-state index in [1.165, 1.54) is 4.90 Å². The average molecular weight is 479 g/mol. The highest BCUT2D eigenvalue weighted by Gasteiger charge is 2.40. The van der Waals surface area contributed by atoms with Crippen molar-refractivity contribution in [2.45, 2.75) is 65.1 Å². The van der Waals surface area contributed by atoms with Gasteiger partial charge in [0.05, 0.1) is 0 Å². The number of rotatable bonds is 4. The summed E-state index contributed by atoms with van der Waals surface area (Å²) >= 11 is 6.83. The zero-order valence-electron chi connectivity index (χ0n) is 15.4. The summed E-state index contributed by atoms with van der Waals surface area (Å²) in [7, 11) is 0. The number of hydrogen-bond donors (Lipinski definition) is 1. The van der Waals surface area contributed by atoms with Crippen LogP contribution in [0.25, 0.3) is 0 Å². The van der Waals surface area contributed by atoms with E-state index in [-0.39, 0.29) is 6.42 Å². The molecule has 1 atom stereocenters. The molecular weight excluding hydrogens is 454 g/mol. The summed E-state index contributed by atoms with van der Waals surface area (Å²) in [6.07, 6.45) is -0.472. The van der Waals surface area contributed by atoms with Gasteiger partial charge in [-0.25, -0.2) is 9.59 Å². The lowest BCUT2D eigenvalue weighted by Crippen LogP contribution is -2.56. The van der Waals surface area contributed by atoms with Crippen LogP contribution in [0, 0.1) is 0 Å². The fourth-order valence-electron chi connectivity index (χ4n) is 2.36. The Morgan fingerprint density at radius 1 is 1.16 bits per heavy atom. The molecule has 0 spiro atoms. The van der Waals surface area contributed by atoms with Gasteiger partial charge in [0.15, 0.2) is 0 Å². The highest BCUT2D eigenvalue weighted by atomic mass is 79.9. The van der Waals surface area contributed by atoms with Gasteiger partial charge in [-0.15, -0.1) is 0 Å². The van der Waals surface area contributed by atoms with Gasteiger partial charge in [-0.1, -0.05) is 37.9 Å². The summed E-state index contributed by atoms with van der Waals surface area (Å²) < 4.78 is 7.12. The lowest BCUT2D eigenvalue weighted by molar-refractivity contribution is -0.145. The van der Waals surface area contributed by atoms with Gasteiger partial charge in [-0.3, -0.25) is 4.90 Å². The third-order valence-electron chi connectivity index (χ3n) is 3.34. The molecule has 7 heteroatoms. The van der Waals surface area contributed by atoms with Crippen molar-refractivity contribution in [3.63, 3.8) is 0 Å². The Balaban J connectivity index is 3.25. The van der Waals surface area contributed by atoms with Gasteiger partial charge in [0.25, 0.3) is 0 Å². The van der Waals surface area contributed by atoms with E-state index in [1.54, 1.807) is 41.5 Å². The van der Waals surface area contributed by atoms with E-state index in [1.807, 2.05) is 18.2 Å². The smallest absolute Gasteiger partial charge is 0.411 e. The lowest BCUT2D eigenvalue weighted by Gasteiger charge is -2.40. The Morgan fingerprint density at radius 3 is 2.12 bits per heavy atom. The van der Waals surface area contributed by atoms with Crippen molar-refractivity contribution in [1.29, 1.82) is 0 Å². The van der Waals surface area contributed by atoms with Crippen LogP contribution in [0.3, 0.4) is 0 Å². The Labute approximate surface area is 166 Å². The Morgan fingerprint density at radius 2 is 1.72 bits per heavy atom. The molecule has 0 fully saturated rings. The third-order valence-corrected chi connectivity index (χ3v) is 4.57. The molecule has 1 unspecified atom stereocenters. The molecule has 25 heavy (non-hydrogen) atoms. The number of nitrogens with zero attached hydrogens (tertiary/aromatic N) is 1. The Hall–Kier alpha value is -1.08. The number of benzene rings is 1. The molecule has 0 aliphatic carbocycles. The Kier molecular flexibility index (Phi) is 7.10. The first kappa shape index (κ1) is 22.0. The van der Waals surface area contributed by atoms with E-state index < -0.39 is 29.2 Å². The maximum Gasteiger partial charge on any atom is 0.411 e. The van der Waals surface area contributed by atoms with E-state index in [9.17, 15) is 14.7 Å². The number of carboxylic acids is 1. The summed E-state index contributed by atoms with van der Waals surface area (Å²) in [5.41, 5.74) is -0.622. The monoisotopic (exact) mass is 477 g/mol. The largest absolute Gasteiger partial charge is 0.480 e. The normalized spacial score (nSPS) is 13.3. The molecule has 0 heterocycles. The molecule has 0 aliphatic heterocycles. The molecule has 140 valence electrons. The van der Waals surface area contributed by atoms with E-state index in [0.717, 1.165) is 14.5 Å². The summed E-state index contributed by atoms with van der Waals surface area (Å²) in [5, 5.41) is 9.79. The number of aliphatic carboxylic acids is 1. The molecule has 1 amide bonds. The van der Waals surface area contributed by atoms with Gasteiger partial charge in [0, 0.05) is 20.9 Å². The van der Waals surface area contributed by atoms with Crippen molar-refractivity contribution in [2.24, 2.45) is 0 Å². The fraction of sp³-hybridized carbons (Fsp3) is 0.556. The van der Waals surface area contributed by atoms with Crippen LogP contribution < -0.4 is 0 Å². The molecule has 1 rings (SSSR count). The van der Waals surface area contributed by atoms with Crippen molar-refractivity contribution < 1.29 is 19.4 Å². The summed E-state index contributed by atoms with van der Waals surface area (Å²) in [6.45, 7) is 10.7. The number of carboxylic acid groups (broad SMARTS) is 1. The molecule has 0 aliphatic rings. The van der Waals surface area contributed by atoms with Gasteiger partial charge < -0.3 is 9.84 Å². The molecule has 5 nitrogen and oxygen atoms in total.